The Bertz CT molecular complexity index is 677. The van der Waals surface area contributed by atoms with Crippen LogP contribution in [0.1, 0.15) is 20.8 Å². The van der Waals surface area contributed by atoms with Gasteiger partial charge in [0.15, 0.2) is 5.69 Å². The third kappa shape index (κ3) is 2.92. The van der Waals surface area contributed by atoms with Gasteiger partial charge in [0.2, 0.25) is 0 Å². The number of carboxylic acids is 1. The molecule has 0 spiro atoms. The van der Waals surface area contributed by atoms with E-state index in [1.807, 2.05) is 0 Å². The van der Waals surface area contributed by atoms with Gasteiger partial charge in [0, 0.05) is 22.8 Å². The van der Waals surface area contributed by atoms with Crippen LogP contribution in [0.25, 0.3) is 0 Å². The van der Waals surface area contributed by atoms with Crippen molar-refractivity contribution in [2.24, 2.45) is 7.05 Å². The smallest absolute Gasteiger partial charge is 0.354 e. The number of benzene rings is 1. The van der Waals surface area contributed by atoms with Gasteiger partial charge in [-0.25, -0.2) is 4.79 Å². The number of hydrogen-bond acceptors (Lipinski definition) is 3. The minimum atomic E-state index is -1.24. The van der Waals surface area contributed by atoms with Crippen LogP contribution in [0.3, 0.4) is 0 Å². The Morgan fingerprint density at radius 1 is 1.25 bits per heavy atom. The minimum absolute atomic E-state index is 0.0453. The van der Waals surface area contributed by atoms with Crippen LogP contribution in [0.15, 0.2) is 24.4 Å². The second-order valence-electron chi connectivity index (χ2n) is 3.95. The molecule has 0 fully saturated rings. The molecule has 1 aromatic heterocycles. The lowest BCUT2D eigenvalue weighted by atomic mass is 10.2. The fourth-order valence-corrected chi connectivity index (χ4v) is 2.21. The SMILES string of the molecule is Cn1ncc(C(=O)Nc2cc(Cl)cc(Cl)c2)c1C(=O)O. The summed E-state index contributed by atoms with van der Waals surface area (Å²) in [5.41, 5.74) is 0.124. The summed E-state index contributed by atoms with van der Waals surface area (Å²) in [4.78, 5) is 23.1. The Labute approximate surface area is 123 Å². The van der Waals surface area contributed by atoms with E-state index in [1.54, 1.807) is 0 Å². The predicted octanol–water partition coefficient (Wildman–Crippen LogP) is 2.68. The second-order valence-corrected chi connectivity index (χ2v) is 4.82. The van der Waals surface area contributed by atoms with Gasteiger partial charge in [0.05, 0.1) is 11.8 Å². The van der Waals surface area contributed by atoms with Gasteiger partial charge in [-0.1, -0.05) is 23.2 Å². The van der Waals surface area contributed by atoms with E-state index in [0.29, 0.717) is 15.7 Å². The van der Waals surface area contributed by atoms with E-state index in [9.17, 15) is 9.59 Å². The number of amides is 1. The van der Waals surface area contributed by atoms with E-state index in [-0.39, 0.29) is 11.3 Å². The van der Waals surface area contributed by atoms with E-state index in [0.717, 1.165) is 4.68 Å². The lowest BCUT2D eigenvalue weighted by Crippen LogP contribution is -2.17. The van der Waals surface area contributed by atoms with Gasteiger partial charge in [-0.2, -0.15) is 5.10 Å². The number of rotatable bonds is 3. The van der Waals surface area contributed by atoms with Crippen LogP contribution >= 0.6 is 23.2 Å². The van der Waals surface area contributed by atoms with Gasteiger partial charge in [0.1, 0.15) is 0 Å². The van der Waals surface area contributed by atoms with Crippen molar-refractivity contribution in [1.82, 2.24) is 9.78 Å². The molecule has 0 radical (unpaired) electrons. The lowest BCUT2D eigenvalue weighted by molar-refractivity contribution is 0.0680. The molecule has 2 aromatic rings. The van der Waals surface area contributed by atoms with Gasteiger partial charge >= 0.3 is 5.97 Å². The topological polar surface area (TPSA) is 84.2 Å². The average molecular weight is 314 g/mol. The number of carbonyl (C=O) groups is 2. The maximum Gasteiger partial charge on any atom is 0.354 e. The maximum absolute atomic E-state index is 12.1. The molecule has 0 atom stereocenters. The number of aryl methyl sites for hydroxylation is 1. The van der Waals surface area contributed by atoms with Gasteiger partial charge in [0.25, 0.3) is 5.91 Å². The highest BCUT2D eigenvalue weighted by Gasteiger charge is 2.21. The van der Waals surface area contributed by atoms with E-state index < -0.39 is 11.9 Å². The molecular weight excluding hydrogens is 305 g/mol. The fourth-order valence-electron chi connectivity index (χ4n) is 1.68. The quantitative estimate of drug-likeness (QED) is 0.912. The average Bonchev–Trinajstić information content (AvgIpc) is 2.69. The van der Waals surface area contributed by atoms with Gasteiger partial charge < -0.3 is 10.4 Å². The molecule has 6 nitrogen and oxygen atoms in total. The molecule has 2 rings (SSSR count). The van der Waals surface area contributed by atoms with Gasteiger partial charge in [-0.15, -0.1) is 0 Å². The highest BCUT2D eigenvalue weighted by molar-refractivity contribution is 6.35. The van der Waals surface area contributed by atoms with Crippen molar-refractivity contribution >= 4 is 40.8 Å². The van der Waals surface area contributed by atoms with Crippen molar-refractivity contribution in [1.29, 1.82) is 0 Å². The third-order valence-corrected chi connectivity index (χ3v) is 2.94. The van der Waals surface area contributed by atoms with Crippen LogP contribution in [0, 0.1) is 0 Å². The first-order chi connectivity index (χ1) is 9.38. The van der Waals surface area contributed by atoms with Crippen LogP contribution in [-0.2, 0) is 7.05 Å². The molecule has 2 N–H and O–H groups in total. The van der Waals surface area contributed by atoms with Crippen molar-refractivity contribution in [3.05, 3.63) is 45.7 Å². The number of halogens is 2. The molecule has 0 aliphatic rings. The zero-order valence-electron chi connectivity index (χ0n) is 10.2. The van der Waals surface area contributed by atoms with Crippen molar-refractivity contribution in [2.45, 2.75) is 0 Å². The van der Waals surface area contributed by atoms with Crippen LogP contribution in [-0.4, -0.2) is 26.8 Å². The molecule has 0 unspecified atom stereocenters. The van der Waals surface area contributed by atoms with Crippen LogP contribution in [0.4, 0.5) is 5.69 Å². The molecule has 0 saturated heterocycles. The molecule has 0 aliphatic carbocycles. The van der Waals surface area contributed by atoms with Crippen LogP contribution in [0.5, 0.6) is 0 Å². The summed E-state index contributed by atoms with van der Waals surface area (Å²) < 4.78 is 1.11. The van der Waals surface area contributed by atoms with Crippen LogP contribution in [0.2, 0.25) is 10.0 Å². The number of nitrogens with one attached hydrogen (secondary N) is 1. The van der Waals surface area contributed by atoms with Gasteiger partial charge in [-0.05, 0) is 18.2 Å². The predicted molar refractivity (Wildman–Crippen MR) is 74.6 cm³/mol. The Kier molecular flexibility index (Phi) is 3.96. The molecule has 1 heterocycles. The van der Waals surface area contributed by atoms with Crippen molar-refractivity contribution in [3.8, 4) is 0 Å². The second kappa shape index (κ2) is 5.52. The highest BCUT2D eigenvalue weighted by atomic mass is 35.5. The monoisotopic (exact) mass is 313 g/mol. The Morgan fingerprint density at radius 2 is 1.85 bits per heavy atom. The lowest BCUT2D eigenvalue weighted by Gasteiger charge is -2.06. The Hall–Kier alpha value is -2.05. The summed E-state index contributed by atoms with van der Waals surface area (Å²) in [7, 11) is 1.44. The largest absolute Gasteiger partial charge is 0.477 e. The summed E-state index contributed by atoms with van der Waals surface area (Å²) >= 11 is 11.6. The summed E-state index contributed by atoms with van der Waals surface area (Å²) in [5.74, 6) is -1.84. The molecule has 1 aromatic carbocycles. The standard InChI is InChI=1S/C12H9Cl2N3O3/c1-17-10(12(19)20)9(5-15-17)11(18)16-8-3-6(13)2-7(14)4-8/h2-5H,1H3,(H,16,18)(H,19,20). The molecule has 20 heavy (non-hydrogen) atoms. The van der Waals surface area contributed by atoms with Crippen molar-refractivity contribution in [2.75, 3.05) is 5.32 Å². The normalized spacial score (nSPS) is 10.3. The fraction of sp³-hybridized carbons (Fsp3) is 0.0833. The zero-order chi connectivity index (χ0) is 14.9. The van der Waals surface area contributed by atoms with Gasteiger partial charge in [-0.3, -0.25) is 9.48 Å². The summed E-state index contributed by atoms with van der Waals surface area (Å²) in [6.45, 7) is 0. The number of aromatic nitrogens is 2. The van der Waals surface area contributed by atoms with E-state index in [4.69, 9.17) is 28.3 Å². The maximum atomic E-state index is 12.1. The van der Waals surface area contributed by atoms with E-state index in [1.165, 1.54) is 31.4 Å². The van der Waals surface area contributed by atoms with Crippen molar-refractivity contribution < 1.29 is 14.7 Å². The molecule has 8 heteroatoms. The zero-order valence-corrected chi connectivity index (χ0v) is 11.7. The first-order valence-corrected chi connectivity index (χ1v) is 6.17. The molecular formula is C12H9Cl2N3O3. The number of aromatic carboxylic acids is 1. The van der Waals surface area contributed by atoms with E-state index in [2.05, 4.69) is 10.4 Å². The highest BCUT2D eigenvalue weighted by Crippen LogP contribution is 2.23. The van der Waals surface area contributed by atoms with Crippen molar-refractivity contribution in [3.63, 3.8) is 0 Å². The number of carbonyl (C=O) groups excluding carboxylic acids is 1. The first-order valence-electron chi connectivity index (χ1n) is 5.41. The molecule has 0 saturated carbocycles. The Morgan fingerprint density at radius 3 is 2.40 bits per heavy atom. The molecule has 1 amide bonds. The first kappa shape index (κ1) is 14.4. The van der Waals surface area contributed by atoms with Crippen LogP contribution < -0.4 is 5.32 Å². The number of nitrogens with zero attached hydrogens (tertiary/aromatic N) is 2. The third-order valence-electron chi connectivity index (χ3n) is 2.51. The number of anilines is 1. The number of carboxylic acid groups (broad SMARTS) is 1. The summed E-state index contributed by atoms with van der Waals surface area (Å²) in [5, 5.41) is 16.1. The number of hydrogen-bond donors (Lipinski definition) is 2. The summed E-state index contributed by atoms with van der Waals surface area (Å²) in [6.07, 6.45) is 1.19. The molecule has 0 bridgehead atoms. The minimum Gasteiger partial charge on any atom is -0.477 e. The Balaban J connectivity index is 2.31. The molecule has 0 aliphatic heterocycles. The van der Waals surface area contributed by atoms with E-state index >= 15 is 0 Å². The summed E-state index contributed by atoms with van der Waals surface area (Å²) in [6, 6.07) is 4.52. The molecule has 104 valence electrons.